The molecule has 2 N–H and O–H groups in total. The van der Waals surface area contributed by atoms with E-state index in [0.717, 1.165) is 31.7 Å². The molecule has 0 aromatic carbocycles. The Morgan fingerprint density at radius 3 is 2.66 bits per heavy atom. The van der Waals surface area contributed by atoms with Gasteiger partial charge in [0.15, 0.2) is 0 Å². The zero-order valence-corrected chi connectivity index (χ0v) is 18.4. The number of carbonyl (C=O) groups is 2. The molecule has 0 unspecified atom stereocenters. The van der Waals surface area contributed by atoms with Crippen LogP contribution in [-0.2, 0) is 9.59 Å². The van der Waals surface area contributed by atoms with Crippen molar-refractivity contribution in [1.82, 2.24) is 20.4 Å². The van der Waals surface area contributed by atoms with E-state index in [9.17, 15) is 9.59 Å². The molecule has 0 radical (unpaired) electrons. The van der Waals surface area contributed by atoms with Crippen LogP contribution in [0, 0.1) is 11.8 Å². The topological polar surface area (TPSA) is 64.7 Å². The Morgan fingerprint density at radius 1 is 1.10 bits per heavy atom. The Labute approximate surface area is 176 Å². The summed E-state index contributed by atoms with van der Waals surface area (Å²) in [6, 6.07) is 0.115. The summed E-state index contributed by atoms with van der Waals surface area (Å²) in [5.74, 6) is 1.61. The second kappa shape index (κ2) is 9.34. The summed E-state index contributed by atoms with van der Waals surface area (Å²) in [6.07, 6.45) is 12.2. The van der Waals surface area contributed by atoms with Gasteiger partial charge in [0, 0.05) is 25.2 Å². The van der Waals surface area contributed by atoms with Crippen LogP contribution in [0.25, 0.3) is 0 Å². The molecular formula is C23H40N4O2. The molecule has 4 fully saturated rings. The summed E-state index contributed by atoms with van der Waals surface area (Å²) < 4.78 is 0. The molecule has 0 bridgehead atoms. The molecule has 5 atom stereocenters. The van der Waals surface area contributed by atoms with Crippen LogP contribution in [0.1, 0.15) is 71.1 Å². The summed E-state index contributed by atoms with van der Waals surface area (Å²) in [5, 5.41) is 6.02. The lowest BCUT2D eigenvalue weighted by Crippen LogP contribution is -2.57. The number of carbonyl (C=O) groups excluding carboxylic acids is 2. The van der Waals surface area contributed by atoms with E-state index in [1.807, 2.05) is 6.92 Å². The number of rotatable bonds is 5. The predicted octanol–water partition coefficient (Wildman–Crippen LogP) is 2.13. The van der Waals surface area contributed by atoms with E-state index in [1.54, 1.807) is 7.05 Å². The Morgan fingerprint density at radius 2 is 1.90 bits per heavy atom. The van der Waals surface area contributed by atoms with Crippen molar-refractivity contribution < 1.29 is 9.59 Å². The van der Waals surface area contributed by atoms with Gasteiger partial charge in [-0.1, -0.05) is 19.3 Å². The van der Waals surface area contributed by atoms with E-state index in [4.69, 9.17) is 0 Å². The molecule has 1 aliphatic carbocycles. The van der Waals surface area contributed by atoms with Crippen LogP contribution in [0.3, 0.4) is 0 Å². The maximum absolute atomic E-state index is 13.5. The zero-order chi connectivity index (χ0) is 20.4. The second-order valence-corrected chi connectivity index (χ2v) is 10.0. The minimum Gasteiger partial charge on any atom is -0.343 e. The maximum atomic E-state index is 13.5. The van der Waals surface area contributed by atoms with Crippen LogP contribution in [0.15, 0.2) is 0 Å². The van der Waals surface area contributed by atoms with Crippen molar-refractivity contribution in [2.24, 2.45) is 11.8 Å². The SMILES string of the molecule is CN[C@@H](C)C(=O)N[C@H]1CCC[C@H]2C[C@H]3CCN(CC4CCCCC4)C[C@H]3N2C1=O. The molecule has 164 valence electrons. The number of amides is 2. The van der Waals surface area contributed by atoms with Crippen molar-refractivity contribution in [3.05, 3.63) is 0 Å². The number of likely N-dealkylation sites (N-methyl/N-ethyl adjacent to an activating group) is 1. The van der Waals surface area contributed by atoms with Gasteiger partial charge in [-0.25, -0.2) is 0 Å². The van der Waals surface area contributed by atoms with E-state index < -0.39 is 0 Å². The fourth-order valence-corrected chi connectivity index (χ4v) is 6.29. The van der Waals surface area contributed by atoms with E-state index >= 15 is 0 Å². The lowest BCUT2D eigenvalue weighted by molar-refractivity contribution is -0.139. The first-order valence-electron chi connectivity index (χ1n) is 12.1. The average Bonchev–Trinajstić information content (AvgIpc) is 3.02. The fourth-order valence-electron chi connectivity index (χ4n) is 6.29. The van der Waals surface area contributed by atoms with Crippen molar-refractivity contribution in [2.45, 2.75) is 95.3 Å². The average molecular weight is 405 g/mol. The molecule has 1 saturated carbocycles. The van der Waals surface area contributed by atoms with E-state index in [-0.39, 0.29) is 23.9 Å². The molecule has 4 rings (SSSR count). The van der Waals surface area contributed by atoms with Crippen molar-refractivity contribution in [2.75, 3.05) is 26.7 Å². The molecule has 3 aliphatic heterocycles. The Balaban J connectivity index is 1.41. The molecule has 4 aliphatic rings. The molecule has 0 aromatic rings. The molecule has 6 heteroatoms. The van der Waals surface area contributed by atoms with Gasteiger partial charge < -0.3 is 20.4 Å². The van der Waals surface area contributed by atoms with Crippen LogP contribution in [-0.4, -0.2) is 72.5 Å². The number of nitrogens with zero attached hydrogens (tertiary/aromatic N) is 2. The third-order valence-corrected chi connectivity index (χ3v) is 8.10. The highest BCUT2D eigenvalue weighted by Crippen LogP contribution is 2.40. The molecule has 3 saturated heterocycles. The summed E-state index contributed by atoms with van der Waals surface area (Å²) >= 11 is 0. The summed E-state index contributed by atoms with van der Waals surface area (Å²) in [5.41, 5.74) is 0. The quantitative estimate of drug-likeness (QED) is 0.737. The van der Waals surface area contributed by atoms with Crippen molar-refractivity contribution in [3.63, 3.8) is 0 Å². The number of piperidine rings is 1. The minimum atomic E-state index is -0.351. The largest absolute Gasteiger partial charge is 0.343 e. The Hall–Kier alpha value is -1.14. The highest BCUT2D eigenvalue weighted by Gasteiger charge is 2.48. The van der Waals surface area contributed by atoms with E-state index in [2.05, 4.69) is 20.4 Å². The Bertz CT molecular complexity index is 591. The van der Waals surface area contributed by atoms with Crippen molar-refractivity contribution in [3.8, 4) is 0 Å². The van der Waals surface area contributed by atoms with E-state index in [0.29, 0.717) is 18.0 Å². The first-order valence-corrected chi connectivity index (χ1v) is 12.1. The van der Waals surface area contributed by atoms with Crippen molar-refractivity contribution >= 4 is 11.8 Å². The molecule has 6 nitrogen and oxygen atoms in total. The van der Waals surface area contributed by atoms with Crippen LogP contribution in [0.2, 0.25) is 0 Å². The first kappa shape index (κ1) is 21.1. The highest BCUT2D eigenvalue weighted by atomic mass is 16.2. The highest BCUT2D eigenvalue weighted by molar-refractivity contribution is 5.90. The molecule has 0 spiro atoms. The minimum absolute atomic E-state index is 0.0670. The third-order valence-electron chi connectivity index (χ3n) is 8.10. The van der Waals surface area contributed by atoms with Gasteiger partial charge >= 0.3 is 0 Å². The normalized spacial score (nSPS) is 35.0. The number of hydrogen-bond donors (Lipinski definition) is 2. The van der Waals surface area contributed by atoms with Gasteiger partial charge in [0.1, 0.15) is 6.04 Å². The van der Waals surface area contributed by atoms with Gasteiger partial charge in [-0.05, 0) is 77.3 Å². The molecule has 3 heterocycles. The standard InChI is InChI=1S/C23H40N4O2/c1-16(24-2)22(28)25-20-10-6-9-19-13-18-11-12-26(14-17-7-4-3-5-8-17)15-21(18)27(19)23(20)29/h16-21,24H,3-15H2,1-2H3,(H,25,28)/t16-,18+,19-,20-,21+/m0/s1. The molecular weight excluding hydrogens is 364 g/mol. The maximum Gasteiger partial charge on any atom is 0.245 e. The number of fused-ring (bicyclic) bond motifs is 3. The monoisotopic (exact) mass is 404 g/mol. The zero-order valence-electron chi connectivity index (χ0n) is 18.4. The number of hydrogen-bond acceptors (Lipinski definition) is 4. The summed E-state index contributed by atoms with van der Waals surface area (Å²) in [4.78, 5) is 30.8. The lowest BCUT2D eigenvalue weighted by atomic mass is 9.86. The van der Waals surface area contributed by atoms with Crippen LogP contribution in [0.4, 0.5) is 0 Å². The summed E-state index contributed by atoms with van der Waals surface area (Å²) in [7, 11) is 1.78. The Kier molecular flexibility index (Phi) is 6.80. The van der Waals surface area contributed by atoms with Crippen LogP contribution < -0.4 is 10.6 Å². The lowest BCUT2D eigenvalue weighted by Gasteiger charge is -2.41. The molecule has 29 heavy (non-hydrogen) atoms. The predicted molar refractivity (Wildman–Crippen MR) is 114 cm³/mol. The van der Waals surface area contributed by atoms with E-state index in [1.165, 1.54) is 58.0 Å². The van der Waals surface area contributed by atoms with Gasteiger partial charge in [0.25, 0.3) is 0 Å². The fraction of sp³-hybridized carbons (Fsp3) is 0.913. The number of nitrogens with one attached hydrogen (secondary N) is 2. The van der Waals surface area contributed by atoms with Gasteiger partial charge in [-0.3, -0.25) is 9.59 Å². The second-order valence-electron chi connectivity index (χ2n) is 10.0. The number of likely N-dealkylation sites (tertiary alicyclic amines) is 1. The van der Waals surface area contributed by atoms with Gasteiger partial charge in [-0.15, -0.1) is 0 Å². The third kappa shape index (κ3) is 4.63. The van der Waals surface area contributed by atoms with Gasteiger partial charge in [0.2, 0.25) is 11.8 Å². The molecule has 0 aromatic heterocycles. The smallest absolute Gasteiger partial charge is 0.245 e. The van der Waals surface area contributed by atoms with Crippen LogP contribution >= 0.6 is 0 Å². The van der Waals surface area contributed by atoms with Crippen LogP contribution in [0.5, 0.6) is 0 Å². The first-order chi connectivity index (χ1) is 14.1. The summed E-state index contributed by atoms with van der Waals surface area (Å²) in [6.45, 7) is 5.30. The molecule has 2 amide bonds. The van der Waals surface area contributed by atoms with Crippen molar-refractivity contribution in [1.29, 1.82) is 0 Å². The van der Waals surface area contributed by atoms with Gasteiger partial charge in [0.05, 0.1) is 6.04 Å². The van der Waals surface area contributed by atoms with Gasteiger partial charge in [-0.2, -0.15) is 0 Å².